The molecule has 132 valence electrons. The van der Waals surface area contributed by atoms with Gasteiger partial charge in [-0.05, 0) is 35.4 Å². The summed E-state index contributed by atoms with van der Waals surface area (Å²) in [7, 11) is 3.75. The van der Waals surface area contributed by atoms with E-state index in [9.17, 15) is 4.79 Å². The highest BCUT2D eigenvalue weighted by Crippen LogP contribution is 2.32. The summed E-state index contributed by atoms with van der Waals surface area (Å²) in [4.78, 5) is 23.9. The van der Waals surface area contributed by atoms with Gasteiger partial charge in [-0.15, -0.1) is 0 Å². The Bertz CT molecular complexity index is 1370. The monoisotopic (exact) mass is 355 g/mol. The van der Waals surface area contributed by atoms with Gasteiger partial charge in [-0.1, -0.05) is 6.07 Å². The van der Waals surface area contributed by atoms with Crippen LogP contribution in [0.1, 0.15) is 0 Å². The number of hydrogen-bond donors (Lipinski definition) is 1. The van der Waals surface area contributed by atoms with E-state index in [2.05, 4.69) is 33.2 Å². The Labute approximate surface area is 154 Å². The lowest BCUT2D eigenvalue weighted by atomic mass is 10.0. The molecule has 0 amide bonds. The second kappa shape index (κ2) is 5.67. The highest BCUT2D eigenvalue weighted by atomic mass is 16.1. The van der Waals surface area contributed by atoms with E-state index >= 15 is 0 Å². The van der Waals surface area contributed by atoms with Crippen LogP contribution in [0.3, 0.4) is 0 Å². The molecule has 0 saturated heterocycles. The summed E-state index contributed by atoms with van der Waals surface area (Å²) < 4.78 is 3.59. The minimum atomic E-state index is -0.0281. The number of H-pyrrole nitrogens is 1. The summed E-state index contributed by atoms with van der Waals surface area (Å²) in [5.41, 5.74) is 7.00. The maximum absolute atomic E-state index is 11.7. The van der Waals surface area contributed by atoms with Gasteiger partial charge in [0.15, 0.2) is 0 Å². The SMILES string of the molecule is Cn1cc(-c2cnc3[nH]cc(-c4ccc5ncn(C)c5c4)c3c2)ccc1=O. The summed E-state index contributed by atoms with van der Waals surface area (Å²) in [6.45, 7) is 0. The minimum Gasteiger partial charge on any atom is -0.346 e. The Hall–Kier alpha value is -3.67. The maximum Gasteiger partial charge on any atom is 0.250 e. The van der Waals surface area contributed by atoms with Crippen LogP contribution < -0.4 is 5.56 Å². The summed E-state index contributed by atoms with van der Waals surface area (Å²) in [5, 5.41) is 1.04. The third-order valence-electron chi connectivity index (χ3n) is 4.99. The molecule has 0 fully saturated rings. The van der Waals surface area contributed by atoms with E-state index in [0.717, 1.165) is 44.3 Å². The van der Waals surface area contributed by atoms with Crippen LogP contribution in [0.5, 0.6) is 0 Å². The normalized spacial score (nSPS) is 11.5. The molecule has 0 aliphatic heterocycles. The van der Waals surface area contributed by atoms with E-state index < -0.39 is 0 Å². The lowest BCUT2D eigenvalue weighted by Crippen LogP contribution is -2.13. The molecule has 0 bridgehead atoms. The largest absolute Gasteiger partial charge is 0.346 e. The fraction of sp³-hybridized carbons (Fsp3) is 0.0952. The summed E-state index contributed by atoms with van der Waals surface area (Å²) in [5.74, 6) is 0. The molecule has 0 unspecified atom stereocenters. The molecule has 4 heterocycles. The zero-order valence-corrected chi connectivity index (χ0v) is 15.0. The molecule has 6 heteroatoms. The van der Waals surface area contributed by atoms with Crippen molar-refractivity contribution in [2.75, 3.05) is 0 Å². The number of pyridine rings is 2. The molecule has 0 atom stereocenters. The molecular weight excluding hydrogens is 338 g/mol. The number of aromatic amines is 1. The second-order valence-electron chi connectivity index (χ2n) is 6.75. The van der Waals surface area contributed by atoms with Gasteiger partial charge in [-0.3, -0.25) is 4.79 Å². The number of nitrogens with zero attached hydrogens (tertiary/aromatic N) is 4. The molecule has 0 aliphatic carbocycles. The Balaban J connectivity index is 1.69. The number of aromatic nitrogens is 5. The van der Waals surface area contributed by atoms with Gasteiger partial charge in [-0.25, -0.2) is 9.97 Å². The van der Waals surface area contributed by atoms with Crippen LogP contribution in [-0.2, 0) is 14.1 Å². The molecule has 5 aromatic rings. The zero-order chi connectivity index (χ0) is 18.5. The first-order valence-electron chi connectivity index (χ1n) is 8.66. The van der Waals surface area contributed by atoms with E-state index in [-0.39, 0.29) is 5.56 Å². The lowest BCUT2D eigenvalue weighted by molar-refractivity contribution is 0.862. The first-order valence-corrected chi connectivity index (χ1v) is 8.66. The molecule has 0 saturated carbocycles. The third-order valence-corrected chi connectivity index (χ3v) is 4.99. The van der Waals surface area contributed by atoms with Crippen molar-refractivity contribution in [3.8, 4) is 22.3 Å². The fourth-order valence-electron chi connectivity index (χ4n) is 3.46. The van der Waals surface area contributed by atoms with Crippen molar-refractivity contribution >= 4 is 22.1 Å². The number of benzene rings is 1. The molecule has 1 N–H and O–H groups in total. The standard InChI is InChI=1S/C21H17N5O/c1-25-11-14(4-6-20(25)27)15-7-16-17(10-23-21(16)22-9-15)13-3-5-18-19(8-13)26(2)12-24-18/h3-12H,1-2H3,(H,22,23). The predicted octanol–water partition coefficient (Wildman–Crippen LogP) is 3.48. The van der Waals surface area contributed by atoms with Crippen LogP contribution >= 0.6 is 0 Å². The van der Waals surface area contributed by atoms with Gasteiger partial charge in [0.05, 0.1) is 17.4 Å². The topological polar surface area (TPSA) is 68.5 Å². The van der Waals surface area contributed by atoms with Gasteiger partial charge in [0.1, 0.15) is 5.65 Å². The van der Waals surface area contributed by atoms with E-state index in [1.54, 1.807) is 17.7 Å². The van der Waals surface area contributed by atoms with Crippen molar-refractivity contribution in [1.82, 2.24) is 24.1 Å². The van der Waals surface area contributed by atoms with Crippen LogP contribution in [-0.4, -0.2) is 24.1 Å². The van der Waals surface area contributed by atoms with Crippen molar-refractivity contribution < 1.29 is 0 Å². The Morgan fingerprint density at radius 2 is 1.78 bits per heavy atom. The highest BCUT2D eigenvalue weighted by Gasteiger charge is 2.11. The number of imidazole rings is 1. The smallest absolute Gasteiger partial charge is 0.250 e. The molecule has 0 spiro atoms. The van der Waals surface area contributed by atoms with Gasteiger partial charge in [-0.2, -0.15) is 0 Å². The van der Waals surface area contributed by atoms with Crippen LogP contribution in [0.25, 0.3) is 44.3 Å². The Morgan fingerprint density at radius 1 is 0.926 bits per heavy atom. The van der Waals surface area contributed by atoms with Gasteiger partial charge >= 0.3 is 0 Å². The van der Waals surface area contributed by atoms with E-state index in [1.165, 1.54) is 0 Å². The number of rotatable bonds is 2. The number of hydrogen-bond acceptors (Lipinski definition) is 3. The first-order chi connectivity index (χ1) is 13.1. The van der Waals surface area contributed by atoms with E-state index in [0.29, 0.717) is 0 Å². The number of nitrogens with one attached hydrogen (secondary N) is 1. The van der Waals surface area contributed by atoms with Gasteiger partial charge in [0.25, 0.3) is 0 Å². The molecule has 1 aromatic carbocycles. The zero-order valence-electron chi connectivity index (χ0n) is 15.0. The van der Waals surface area contributed by atoms with Crippen LogP contribution in [0, 0.1) is 0 Å². The van der Waals surface area contributed by atoms with Crippen molar-refractivity contribution in [1.29, 1.82) is 0 Å². The van der Waals surface area contributed by atoms with Crippen LogP contribution in [0.4, 0.5) is 0 Å². The summed E-state index contributed by atoms with van der Waals surface area (Å²) in [6, 6.07) is 11.8. The second-order valence-corrected chi connectivity index (χ2v) is 6.75. The molecule has 5 rings (SSSR count). The average Bonchev–Trinajstić information content (AvgIpc) is 3.27. The minimum absolute atomic E-state index is 0.0281. The summed E-state index contributed by atoms with van der Waals surface area (Å²) >= 11 is 0. The number of aryl methyl sites for hydroxylation is 2. The lowest BCUT2D eigenvalue weighted by Gasteiger charge is -2.05. The van der Waals surface area contributed by atoms with Crippen molar-refractivity contribution in [3.05, 3.63) is 71.7 Å². The maximum atomic E-state index is 11.7. The number of fused-ring (bicyclic) bond motifs is 2. The summed E-state index contributed by atoms with van der Waals surface area (Å²) in [6.07, 6.45) is 7.47. The fourth-order valence-corrected chi connectivity index (χ4v) is 3.46. The van der Waals surface area contributed by atoms with Gasteiger partial charge < -0.3 is 14.1 Å². The molecule has 6 nitrogen and oxygen atoms in total. The predicted molar refractivity (Wildman–Crippen MR) is 106 cm³/mol. The molecule has 4 aromatic heterocycles. The van der Waals surface area contributed by atoms with E-state index in [1.807, 2.05) is 48.7 Å². The van der Waals surface area contributed by atoms with Crippen molar-refractivity contribution in [2.24, 2.45) is 14.1 Å². The Morgan fingerprint density at radius 3 is 2.63 bits per heavy atom. The van der Waals surface area contributed by atoms with Crippen LogP contribution in [0.2, 0.25) is 0 Å². The van der Waals surface area contributed by atoms with Crippen LogP contribution in [0.15, 0.2) is 66.1 Å². The molecule has 0 aliphatic rings. The van der Waals surface area contributed by atoms with E-state index in [4.69, 9.17) is 0 Å². The average molecular weight is 355 g/mol. The van der Waals surface area contributed by atoms with Crippen molar-refractivity contribution in [2.45, 2.75) is 0 Å². The van der Waals surface area contributed by atoms with Crippen molar-refractivity contribution in [3.63, 3.8) is 0 Å². The highest BCUT2D eigenvalue weighted by molar-refractivity contribution is 5.97. The van der Waals surface area contributed by atoms with Gasteiger partial charge in [0.2, 0.25) is 5.56 Å². The van der Waals surface area contributed by atoms with Gasteiger partial charge in [0, 0.05) is 55.3 Å². The molecule has 27 heavy (non-hydrogen) atoms. The Kier molecular flexibility index (Phi) is 3.27. The molecular formula is C21H17N5O. The molecule has 0 radical (unpaired) electrons. The quantitative estimate of drug-likeness (QED) is 0.527. The third kappa shape index (κ3) is 2.45. The first kappa shape index (κ1) is 15.6.